The summed E-state index contributed by atoms with van der Waals surface area (Å²) in [6.07, 6.45) is 2.77. The van der Waals surface area contributed by atoms with Gasteiger partial charge in [0.05, 0.1) is 5.69 Å². The zero-order valence-corrected chi connectivity index (χ0v) is 12.9. The highest BCUT2D eigenvalue weighted by molar-refractivity contribution is 7.13. The molecule has 3 N–H and O–H groups in total. The van der Waals surface area contributed by atoms with Crippen LogP contribution in [-0.4, -0.2) is 20.9 Å². The van der Waals surface area contributed by atoms with Crippen molar-refractivity contribution < 1.29 is 4.79 Å². The van der Waals surface area contributed by atoms with Gasteiger partial charge in [-0.15, -0.1) is 11.3 Å². The van der Waals surface area contributed by atoms with Gasteiger partial charge in [0.25, 0.3) is 5.56 Å². The van der Waals surface area contributed by atoms with Gasteiger partial charge < -0.3 is 10.3 Å². The molecule has 0 saturated heterocycles. The largest absolute Gasteiger partial charge is 0.325 e. The molecule has 0 unspecified atom stereocenters. The first-order chi connectivity index (χ1) is 10.5. The van der Waals surface area contributed by atoms with Crippen molar-refractivity contribution in [3.8, 4) is 0 Å². The fourth-order valence-electron chi connectivity index (χ4n) is 2.26. The fourth-order valence-corrected chi connectivity index (χ4v) is 3.07. The molecule has 2 heterocycles. The summed E-state index contributed by atoms with van der Waals surface area (Å²) < 4.78 is 0. The van der Waals surface area contributed by atoms with Crippen LogP contribution in [0.1, 0.15) is 42.1 Å². The van der Waals surface area contributed by atoms with Crippen molar-refractivity contribution in [3.05, 3.63) is 43.2 Å². The molecule has 8 heteroatoms. The van der Waals surface area contributed by atoms with Gasteiger partial charge in [-0.1, -0.05) is 0 Å². The number of carbonyl (C=O) groups is 1. The van der Waals surface area contributed by atoms with Crippen LogP contribution in [0.25, 0.3) is 0 Å². The van der Waals surface area contributed by atoms with Crippen LogP contribution in [-0.2, 0) is 11.2 Å². The minimum atomic E-state index is -0.536. The Morgan fingerprint density at radius 2 is 2.18 bits per heavy atom. The molecule has 0 aliphatic heterocycles. The number of amides is 1. The standard InChI is InChI=1S/C14H16N4O3S/c1-7-9(12(20)18-13(21)15-7)4-5-11(19)17-14-16-10(6-22-14)8-2-3-8/h6,8H,2-5H2,1H3,(H,16,17,19)(H2,15,18,20,21). The van der Waals surface area contributed by atoms with E-state index in [1.807, 2.05) is 5.38 Å². The quantitative estimate of drug-likeness (QED) is 0.771. The zero-order valence-electron chi connectivity index (χ0n) is 12.1. The number of thiazole rings is 1. The molecular weight excluding hydrogens is 304 g/mol. The highest BCUT2D eigenvalue weighted by atomic mass is 32.1. The Kier molecular flexibility index (Phi) is 3.93. The predicted octanol–water partition coefficient (Wildman–Crippen LogP) is 1.28. The molecule has 116 valence electrons. The number of aromatic nitrogens is 3. The molecule has 7 nitrogen and oxygen atoms in total. The summed E-state index contributed by atoms with van der Waals surface area (Å²) in [7, 11) is 0. The van der Waals surface area contributed by atoms with Gasteiger partial charge in [0.1, 0.15) is 0 Å². The molecule has 2 aromatic rings. The number of nitrogens with one attached hydrogen (secondary N) is 3. The number of rotatable bonds is 5. The van der Waals surface area contributed by atoms with Crippen LogP contribution in [0.3, 0.4) is 0 Å². The summed E-state index contributed by atoms with van der Waals surface area (Å²) in [5.74, 6) is 0.367. The first kappa shape index (κ1) is 14.7. The normalized spacial score (nSPS) is 14.0. The number of carbonyl (C=O) groups excluding carboxylic acids is 1. The average Bonchev–Trinajstić information content (AvgIpc) is 3.18. The van der Waals surface area contributed by atoms with Gasteiger partial charge in [0.15, 0.2) is 5.13 Å². The van der Waals surface area contributed by atoms with Crippen molar-refractivity contribution in [1.29, 1.82) is 0 Å². The van der Waals surface area contributed by atoms with Crippen molar-refractivity contribution >= 4 is 22.4 Å². The molecule has 0 radical (unpaired) electrons. The Morgan fingerprint density at radius 3 is 2.86 bits per heavy atom. The minimum Gasteiger partial charge on any atom is -0.311 e. The number of hydrogen-bond acceptors (Lipinski definition) is 5. The zero-order chi connectivity index (χ0) is 15.7. The summed E-state index contributed by atoms with van der Waals surface area (Å²) in [5.41, 5.74) is 0.984. The topological polar surface area (TPSA) is 108 Å². The molecule has 1 amide bonds. The van der Waals surface area contributed by atoms with Crippen LogP contribution in [0, 0.1) is 6.92 Å². The summed E-state index contributed by atoms with van der Waals surface area (Å²) >= 11 is 1.42. The van der Waals surface area contributed by atoms with E-state index in [2.05, 4.69) is 20.3 Å². The lowest BCUT2D eigenvalue weighted by Crippen LogP contribution is -2.27. The van der Waals surface area contributed by atoms with Gasteiger partial charge >= 0.3 is 5.69 Å². The molecule has 0 bridgehead atoms. The van der Waals surface area contributed by atoms with Gasteiger partial charge in [0.2, 0.25) is 5.91 Å². The fraction of sp³-hybridized carbons (Fsp3) is 0.429. The number of aryl methyl sites for hydroxylation is 1. The van der Waals surface area contributed by atoms with Gasteiger partial charge in [-0.2, -0.15) is 0 Å². The predicted molar refractivity (Wildman–Crippen MR) is 83.5 cm³/mol. The molecule has 22 heavy (non-hydrogen) atoms. The van der Waals surface area contributed by atoms with Gasteiger partial charge in [0, 0.05) is 29.0 Å². The van der Waals surface area contributed by atoms with Crippen molar-refractivity contribution in [2.24, 2.45) is 0 Å². The molecule has 0 aromatic carbocycles. The number of H-pyrrole nitrogens is 2. The third-order valence-electron chi connectivity index (χ3n) is 3.62. The summed E-state index contributed by atoms with van der Waals surface area (Å²) in [4.78, 5) is 43.8. The maximum Gasteiger partial charge on any atom is 0.325 e. The van der Waals surface area contributed by atoms with Crippen LogP contribution in [0.5, 0.6) is 0 Å². The van der Waals surface area contributed by atoms with Gasteiger partial charge in [-0.3, -0.25) is 14.6 Å². The second kappa shape index (κ2) is 5.88. The molecule has 0 atom stereocenters. The van der Waals surface area contributed by atoms with E-state index in [0.717, 1.165) is 5.69 Å². The van der Waals surface area contributed by atoms with E-state index >= 15 is 0 Å². The maximum atomic E-state index is 11.9. The van der Waals surface area contributed by atoms with E-state index < -0.39 is 11.2 Å². The molecule has 2 aromatic heterocycles. The molecule has 1 aliphatic carbocycles. The summed E-state index contributed by atoms with van der Waals surface area (Å²) in [6, 6.07) is 0. The second-order valence-corrected chi connectivity index (χ2v) is 6.27. The van der Waals surface area contributed by atoms with E-state index in [1.54, 1.807) is 6.92 Å². The Morgan fingerprint density at radius 1 is 1.41 bits per heavy atom. The van der Waals surface area contributed by atoms with Crippen molar-refractivity contribution in [2.45, 2.75) is 38.5 Å². The molecule has 1 saturated carbocycles. The SMILES string of the molecule is Cc1[nH]c(=O)[nH]c(=O)c1CCC(=O)Nc1nc(C2CC2)cs1. The average molecular weight is 320 g/mol. The first-order valence-corrected chi connectivity index (χ1v) is 7.98. The molecule has 1 fully saturated rings. The van der Waals surface area contributed by atoms with Crippen molar-refractivity contribution in [1.82, 2.24) is 15.0 Å². The third kappa shape index (κ3) is 3.33. The van der Waals surface area contributed by atoms with E-state index in [1.165, 1.54) is 24.2 Å². The van der Waals surface area contributed by atoms with Crippen molar-refractivity contribution in [2.75, 3.05) is 5.32 Å². The lowest BCUT2D eigenvalue weighted by molar-refractivity contribution is -0.116. The molecule has 0 spiro atoms. The smallest absolute Gasteiger partial charge is 0.311 e. The highest BCUT2D eigenvalue weighted by Crippen LogP contribution is 2.40. The Hall–Kier alpha value is -2.22. The molecular formula is C14H16N4O3S. The monoisotopic (exact) mass is 320 g/mol. The van der Waals surface area contributed by atoms with Crippen LogP contribution >= 0.6 is 11.3 Å². The summed E-state index contributed by atoms with van der Waals surface area (Å²) in [6.45, 7) is 1.65. The number of anilines is 1. The lowest BCUT2D eigenvalue weighted by atomic mass is 10.1. The van der Waals surface area contributed by atoms with Gasteiger partial charge in [-0.25, -0.2) is 9.78 Å². The van der Waals surface area contributed by atoms with Crippen LogP contribution < -0.4 is 16.6 Å². The van der Waals surface area contributed by atoms with Gasteiger partial charge in [-0.05, 0) is 26.2 Å². The van der Waals surface area contributed by atoms with Crippen LogP contribution in [0.4, 0.5) is 5.13 Å². The Labute approximate surface area is 129 Å². The van der Waals surface area contributed by atoms with E-state index in [-0.39, 0.29) is 18.7 Å². The van der Waals surface area contributed by atoms with Crippen LogP contribution in [0.2, 0.25) is 0 Å². The summed E-state index contributed by atoms with van der Waals surface area (Å²) in [5, 5.41) is 5.32. The van der Waals surface area contributed by atoms with E-state index in [0.29, 0.717) is 22.3 Å². The van der Waals surface area contributed by atoms with E-state index in [9.17, 15) is 14.4 Å². The number of aromatic amines is 2. The number of nitrogens with zero attached hydrogens (tertiary/aromatic N) is 1. The first-order valence-electron chi connectivity index (χ1n) is 7.10. The second-order valence-electron chi connectivity index (χ2n) is 5.41. The Bertz CT molecular complexity index is 816. The minimum absolute atomic E-state index is 0.161. The third-order valence-corrected chi connectivity index (χ3v) is 4.40. The lowest BCUT2D eigenvalue weighted by Gasteiger charge is -2.04. The highest BCUT2D eigenvalue weighted by Gasteiger charge is 2.26. The van der Waals surface area contributed by atoms with Crippen molar-refractivity contribution in [3.63, 3.8) is 0 Å². The van der Waals surface area contributed by atoms with Crippen LogP contribution in [0.15, 0.2) is 15.0 Å². The Balaban J connectivity index is 1.60. The molecule has 3 rings (SSSR count). The number of hydrogen-bond donors (Lipinski definition) is 3. The molecule has 1 aliphatic rings. The maximum absolute atomic E-state index is 11.9. The van der Waals surface area contributed by atoms with E-state index in [4.69, 9.17) is 0 Å².